The maximum absolute atomic E-state index is 12.3. The predicted molar refractivity (Wildman–Crippen MR) is 82.5 cm³/mol. The van der Waals surface area contributed by atoms with E-state index in [1.165, 1.54) is 11.8 Å². The maximum atomic E-state index is 12.3. The number of benzene rings is 1. The van der Waals surface area contributed by atoms with E-state index in [4.69, 9.17) is 4.74 Å². The van der Waals surface area contributed by atoms with Gasteiger partial charge >= 0.3 is 5.97 Å². The lowest BCUT2D eigenvalue weighted by molar-refractivity contribution is -0.147. The van der Waals surface area contributed by atoms with E-state index in [-0.39, 0.29) is 24.7 Å². The highest BCUT2D eigenvalue weighted by Crippen LogP contribution is 2.32. The van der Waals surface area contributed by atoms with Crippen LogP contribution in [0.5, 0.6) is 0 Å². The van der Waals surface area contributed by atoms with Crippen molar-refractivity contribution < 1.29 is 19.1 Å². The number of ketones is 1. The van der Waals surface area contributed by atoms with E-state index in [9.17, 15) is 14.4 Å². The second kappa shape index (κ2) is 6.73. The third-order valence-electron chi connectivity index (χ3n) is 4.00. The van der Waals surface area contributed by atoms with Crippen LogP contribution in [0, 0.1) is 5.92 Å². The number of aryl methyl sites for hydroxylation is 1. The quantitative estimate of drug-likeness (QED) is 0.782. The highest BCUT2D eigenvalue weighted by Gasteiger charge is 2.47. The van der Waals surface area contributed by atoms with Gasteiger partial charge in [0.1, 0.15) is 11.8 Å². The van der Waals surface area contributed by atoms with Crippen LogP contribution in [0.3, 0.4) is 0 Å². The highest BCUT2D eigenvalue weighted by molar-refractivity contribution is 6.07. The number of nitrogens with zero attached hydrogens (tertiary/aromatic N) is 1. The van der Waals surface area contributed by atoms with Crippen molar-refractivity contribution in [3.63, 3.8) is 0 Å². The molecule has 5 nitrogen and oxygen atoms in total. The first kappa shape index (κ1) is 16.2. The maximum Gasteiger partial charge on any atom is 0.330 e. The number of esters is 1. The summed E-state index contributed by atoms with van der Waals surface area (Å²) in [6.45, 7) is 5.38. The van der Waals surface area contributed by atoms with Crippen molar-refractivity contribution in [1.82, 2.24) is 0 Å². The van der Waals surface area contributed by atoms with Gasteiger partial charge in [-0.1, -0.05) is 19.1 Å². The van der Waals surface area contributed by atoms with Crippen LogP contribution < -0.4 is 4.90 Å². The molecule has 1 aliphatic rings. The summed E-state index contributed by atoms with van der Waals surface area (Å²) in [5.74, 6) is -1.55. The summed E-state index contributed by atoms with van der Waals surface area (Å²) in [6.07, 6.45) is 0.944. The summed E-state index contributed by atoms with van der Waals surface area (Å²) in [6, 6.07) is 6.60. The smallest absolute Gasteiger partial charge is 0.330 e. The number of carbonyl (C=O) groups excluding carboxylic acids is 3. The van der Waals surface area contributed by atoms with Crippen LogP contribution in [0.25, 0.3) is 0 Å². The number of rotatable bonds is 5. The van der Waals surface area contributed by atoms with Crippen molar-refractivity contribution in [2.24, 2.45) is 5.92 Å². The molecular weight excluding hydrogens is 282 g/mol. The summed E-state index contributed by atoms with van der Waals surface area (Å²) in [5, 5.41) is 0. The molecule has 0 N–H and O–H groups in total. The summed E-state index contributed by atoms with van der Waals surface area (Å²) in [4.78, 5) is 37.8. The number of amides is 1. The fourth-order valence-electron chi connectivity index (χ4n) is 2.79. The van der Waals surface area contributed by atoms with Crippen molar-refractivity contribution in [3.8, 4) is 0 Å². The average molecular weight is 303 g/mol. The van der Waals surface area contributed by atoms with Gasteiger partial charge in [-0.2, -0.15) is 0 Å². The highest BCUT2D eigenvalue weighted by atomic mass is 16.5. The molecule has 22 heavy (non-hydrogen) atoms. The SMILES string of the molecule is CCOC(=O)[C@H]1[C@@H](C(C)=O)CC(=O)N1c1ccc(CC)cc1. The first-order chi connectivity index (χ1) is 10.5. The van der Waals surface area contributed by atoms with Crippen molar-refractivity contribution in [3.05, 3.63) is 29.8 Å². The lowest BCUT2D eigenvalue weighted by atomic mass is 9.96. The fourth-order valence-corrected chi connectivity index (χ4v) is 2.79. The van der Waals surface area contributed by atoms with Crippen LogP contribution in [0.4, 0.5) is 5.69 Å². The molecule has 0 radical (unpaired) electrons. The van der Waals surface area contributed by atoms with Crippen molar-refractivity contribution >= 4 is 23.3 Å². The molecule has 0 aromatic heterocycles. The van der Waals surface area contributed by atoms with E-state index < -0.39 is 17.9 Å². The first-order valence-electron chi connectivity index (χ1n) is 7.57. The number of Topliss-reactive ketones (excluding diaryl/α,β-unsaturated/α-hetero) is 1. The molecule has 0 unspecified atom stereocenters. The van der Waals surface area contributed by atoms with E-state index in [1.54, 1.807) is 6.92 Å². The van der Waals surface area contributed by atoms with Gasteiger partial charge in [-0.25, -0.2) is 4.79 Å². The standard InChI is InChI=1S/C17H21NO4/c1-4-12-6-8-13(9-7-12)18-15(20)10-14(11(3)19)16(18)17(21)22-5-2/h6-9,14,16H,4-5,10H2,1-3H3/t14-,16-/m1/s1. The first-order valence-corrected chi connectivity index (χ1v) is 7.57. The molecule has 1 fully saturated rings. The van der Waals surface area contributed by atoms with Gasteiger partial charge in [0.2, 0.25) is 5.91 Å². The minimum atomic E-state index is -0.863. The molecule has 1 aromatic rings. The molecule has 0 saturated carbocycles. The Balaban J connectivity index is 2.38. The van der Waals surface area contributed by atoms with Crippen molar-refractivity contribution in [1.29, 1.82) is 0 Å². The van der Waals surface area contributed by atoms with Gasteiger partial charge < -0.3 is 4.74 Å². The summed E-state index contributed by atoms with van der Waals surface area (Å²) >= 11 is 0. The number of hydrogen-bond donors (Lipinski definition) is 0. The third-order valence-corrected chi connectivity index (χ3v) is 4.00. The topological polar surface area (TPSA) is 63.7 Å². The second-order valence-corrected chi connectivity index (χ2v) is 5.40. The van der Waals surface area contributed by atoms with Crippen LogP contribution in [0.2, 0.25) is 0 Å². The summed E-state index contributed by atoms with van der Waals surface area (Å²) in [5.41, 5.74) is 1.77. The van der Waals surface area contributed by atoms with Crippen molar-refractivity contribution in [2.75, 3.05) is 11.5 Å². The van der Waals surface area contributed by atoms with E-state index in [0.717, 1.165) is 12.0 Å². The lowest BCUT2D eigenvalue weighted by Crippen LogP contribution is -2.44. The van der Waals surface area contributed by atoms with Gasteiger partial charge in [0, 0.05) is 12.1 Å². The van der Waals surface area contributed by atoms with Gasteiger partial charge in [-0.3, -0.25) is 14.5 Å². The summed E-state index contributed by atoms with van der Waals surface area (Å²) < 4.78 is 5.07. The molecule has 0 aliphatic carbocycles. The van der Waals surface area contributed by atoms with Crippen LogP contribution in [-0.4, -0.2) is 30.3 Å². The van der Waals surface area contributed by atoms with E-state index in [2.05, 4.69) is 0 Å². The van der Waals surface area contributed by atoms with Crippen LogP contribution >= 0.6 is 0 Å². The fraction of sp³-hybridized carbons (Fsp3) is 0.471. The average Bonchev–Trinajstić information content (AvgIpc) is 2.85. The second-order valence-electron chi connectivity index (χ2n) is 5.40. The zero-order chi connectivity index (χ0) is 16.3. The van der Waals surface area contributed by atoms with E-state index in [1.807, 2.05) is 31.2 Å². The molecule has 1 heterocycles. The predicted octanol–water partition coefficient (Wildman–Crippen LogP) is 2.12. The monoisotopic (exact) mass is 303 g/mol. The Bertz CT molecular complexity index is 579. The third kappa shape index (κ3) is 3.03. The Hall–Kier alpha value is -2.17. The lowest BCUT2D eigenvalue weighted by Gasteiger charge is -2.25. The van der Waals surface area contributed by atoms with Crippen LogP contribution in [0.15, 0.2) is 24.3 Å². The molecule has 1 aromatic carbocycles. The van der Waals surface area contributed by atoms with Crippen LogP contribution in [-0.2, 0) is 25.5 Å². The molecule has 0 spiro atoms. The zero-order valence-corrected chi connectivity index (χ0v) is 13.2. The van der Waals surface area contributed by atoms with E-state index >= 15 is 0 Å². The van der Waals surface area contributed by atoms with Crippen LogP contribution in [0.1, 0.15) is 32.8 Å². The van der Waals surface area contributed by atoms with Gasteiger partial charge in [-0.05, 0) is 38.0 Å². The zero-order valence-electron chi connectivity index (χ0n) is 13.2. The van der Waals surface area contributed by atoms with Gasteiger partial charge in [0.15, 0.2) is 0 Å². The van der Waals surface area contributed by atoms with Crippen molar-refractivity contribution in [2.45, 2.75) is 39.7 Å². The minimum absolute atomic E-state index is 0.0499. The molecule has 118 valence electrons. The number of hydrogen-bond acceptors (Lipinski definition) is 4. The van der Waals surface area contributed by atoms with E-state index in [0.29, 0.717) is 5.69 Å². The molecule has 1 amide bonds. The Morgan fingerprint density at radius 3 is 2.36 bits per heavy atom. The minimum Gasteiger partial charge on any atom is -0.464 e. The normalized spacial score (nSPS) is 21.0. The molecule has 2 atom stereocenters. The van der Waals surface area contributed by atoms with Gasteiger partial charge in [0.05, 0.1) is 12.5 Å². The molecule has 1 saturated heterocycles. The number of ether oxygens (including phenoxy) is 1. The Labute approximate surface area is 130 Å². The number of anilines is 1. The van der Waals surface area contributed by atoms with Gasteiger partial charge in [-0.15, -0.1) is 0 Å². The Morgan fingerprint density at radius 2 is 1.86 bits per heavy atom. The molecule has 5 heteroatoms. The Kier molecular flexibility index (Phi) is 4.96. The Morgan fingerprint density at radius 1 is 1.23 bits per heavy atom. The van der Waals surface area contributed by atoms with Gasteiger partial charge in [0.25, 0.3) is 0 Å². The molecule has 0 bridgehead atoms. The molecule has 2 rings (SSSR count). The molecule has 1 aliphatic heterocycles. The largest absolute Gasteiger partial charge is 0.464 e. The number of carbonyl (C=O) groups is 3. The summed E-state index contributed by atoms with van der Waals surface area (Å²) in [7, 11) is 0. The molecular formula is C17H21NO4.